The number of amides is 1. The van der Waals surface area contributed by atoms with Crippen molar-refractivity contribution in [1.29, 1.82) is 0 Å². The Labute approximate surface area is 184 Å². The molecule has 4 nitrogen and oxygen atoms in total. The zero-order valence-corrected chi connectivity index (χ0v) is 18.6. The summed E-state index contributed by atoms with van der Waals surface area (Å²) >= 11 is 0. The summed E-state index contributed by atoms with van der Waals surface area (Å²) in [4.78, 5) is 15.5. The highest BCUT2D eigenvalue weighted by molar-refractivity contribution is 5.79. The smallest absolute Gasteiger partial charge is 0.223 e. The first kappa shape index (κ1) is 21.8. The summed E-state index contributed by atoms with van der Waals surface area (Å²) in [5, 5.41) is 3.36. The van der Waals surface area contributed by atoms with Crippen LogP contribution in [0.4, 0.5) is 4.39 Å². The lowest BCUT2D eigenvalue weighted by Gasteiger charge is -2.42. The van der Waals surface area contributed by atoms with E-state index in [2.05, 4.69) is 30.1 Å². The SMILES string of the molecule is CCC1(CC)C[C@H](NC(=O)C2CCN(Cc3ccc(F)cc3)CC2)c2ccccc2O1. The Hall–Kier alpha value is -2.40. The molecule has 5 heteroatoms. The van der Waals surface area contributed by atoms with Crippen LogP contribution in [-0.2, 0) is 11.3 Å². The molecule has 0 bridgehead atoms. The number of nitrogens with zero attached hydrogens (tertiary/aromatic N) is 1. The van der Waals surface area contributed by atoms with Gasteiger partial charge in [0.15, 0.2) is 0 Å². The summed E-state index contributed by atoms with van der Waals surface area (Å²) in [7, 11) is 0. The molecule has 0 aromatic heterocycles. The quantitative estimate of drug-likeness (QED) is 0.690. The van der Waals surface area contributed by atoms with E-state index >= 15 is 0 Å². The van der Waals surface area contributed by atoms with Crippen molar-refractivity contribution >= 4 is 5.91 Å². The van der Waals surface area contributed by atoms with E-state index in [1.165, 1.54) is 12.1 Å². The summed E-state index contributed by atoms with van der Waals surface area (Å²) in [6.07, 6.45) is 4.36. The van der Waals surface area contributed by atoms with Crippen molar-refractivity contribution in [2.75, 3.05) is 13.1 Å². The third-order valence-corrected chi connectivity index (χ3v) is 7.08. The molecule has 0 spiro atoms. The molecule has 1 saturated heterocycles. The predicted octanol–water partition coefficient (Wildman–Crippen LogP) is 5.24. The Morgan fingerprint density at radius 1 is 1.10 bits per heavy atom. The van der Waals surface area contributed by atoms with Gasteiger partial charge in [-0.2, -0.15) is 0 Å². The molecular weight excluding hydrogens is 391 g/mol. The van der Waals surface area contributed by atoms with Crippen LogP contribution < -0.4 is 10.1 Å². The number of carbonyl (C=O) groups is 1. The summed E-state index contributed by atoms with van der Waals surface area (Å²) < 4.78 is 19.5. The number of hydrogen-bond acceptors (Lipinski definition) is 3. The van der Waals surface area contributed by atoms with Gasteiger partial charge in [0.1, 0.15) is 17.2 Å². The van der Waals surface area contributed by atoms with Crippen LogP contribution in [0.2, 0.25) is 0 Å². The van der Waals surface area contributed by atoms with Crippen molar-refractivity contribution in [2.24, 2.45) is 5.92 Å². The first-order chi connectivity index (χ1) is 15.0. The van der Waals surface area contributed by atoms with Crippen LogP contribution in [0.5, 0.6) is 5.75 Å². The van der Waals surface area contributed by atoms with Crippen molar-refractivity contribution < 1.29 is 13.9 Å². The van der Waals surface area contributed by atoms with E-state index < -0.39 is 0 Å². The Kier molecular flexibility index (Phi) is 6.61. The molecule has 0 radical (unpaired) electrons. The molecule has 2 heterocycles. The van der Waals surface area contributed by atoms with Gasteiger partial charge in [0.05, 0.1) is 6.04 Å². The van der Waals surface area contributed by atoms with Crippen LogP contribution in [0.25, 0.3) is 0 Å². The van der Waals surface area contributed by atoms with Gasteiger partial charge in [-0.1, -0.05) is 44.2 Å². The van der Waals surface area contributed by atoms with Gasteiger partial charge in [0.25, 0.3) is 0 Å². The zero-order chi connectivity index (χ0) is 21.8. The van der Waals surface area contributed by atoms with Crippen molar-refractivity contribution in [2.45, 2.75) is 64.1 Å². The highest BCUT2D eigenvalue weighted by Gasteiger charge is 2.39. The fourth-order valence-electron chi connectivity index (χ4n) is 4.92. The molecule has 2 aliphatic heterocycles. The van der Waals surface area contributed by atoms with E-state index in [0.717, 1.165) is 68.6 Å². The summed E-state index contributed by atoms with van der Waals surface area (Å²) in [6, 6.07) is 14.8. The molecule has 0 saturated carbocycles. The molecule has 166 valence electrons. The van der Waals surface area contributed by atoms with E-state index in [1.807, 2.05) is 30.3 Å². The molecule has 1 atom stereocenters. The maximum absolute atomic E-state index is 13.2. The number of fused-ring (bicyclic) bond motifs is 1. The predicted molar refractivity (Wildman–Crippen MR) is 120 cm³/mol. The first-order valence-electron chi connectivity index (χ1n) is 11.6. The number of halogens is 1. The Balaban J connectivity index is 1.36. The van der Waals surface area contributed by atoms with Gasteiger partial charge in [-0.15, -0.1) is 0 Å². The second-order valence-electron chi connectivity index (χ2n) is 8.97. The summed E-state index contributed by atoms with van der Waals surface area (Å²) in [5.41, 5.74) is 1.98. The van der Waals surface area contributed by atoms with Crippen LogP contribution in [-0.4, -0.2) is 29.5 Å². The Bertz CT molecular complexity index is 887. The van der Waals surface area contributed by atoms with Crippen LogP contribution >= 0.6 is 0 Å². The zero-order valence-electron chi connectivity index (χ0n) is 18.6. The molecule has 4 rings (SSSR count). The van der Waals surface area contributed by atoms with Crippen LogP contribution in [0.15, 0.2) is 48.5 Å². The number of benzene rings is 2. The van der Waals surface area contributed by atoms with E-state index in [-0.39, 0.29) is 29.3 Å². The van der Waals surface area contributed by atoms with Gasteiger partial charge in [0.2, 0.25) is 5.91 Å². The maximum atomic E-state index is 13.2. The summed E-state index contributed by atoms with van der Waals surface area (Å²) in [6.45, 7) is 6.89. The second kappa shape index (κ2) is 9.39. The average Bonchev–Trinajstić information content (AvgIpc) is 2.81. The highest BCUT2D eigenvalue weighted by atomic mass is 19.1. The van der Waals surface area contributed by atoms with Crippen molar-refractivity contribution in [3.05, 3.63) is 65.5 Å². The van der Waals surface area contributed by atoms with Crippen LogP contribution in [0, 0.1) is 11.7 Å². The largest absolute Gasteiger partial charge is 0.487 e. The average molecular weight is 425 g/mol. The number of likely N-dealkylation sites (tertiary alicyclic amines) is 1. The minimum Gasteiger partial charge on any atom is -0.487 e. The van der Waals surface area contributed by atoms with Gasteiger partial charge in [0, 0.05) is 24.4 Å². The lowest BCUT2D eigenvalue weighted by Crippen LogP contribution is -2.47. The number of carbonyl (C=O) groups excluding carboxylic acids is 1. The van der Waals surface area contributed by atoms with Crippen LogP contribution in [0.3, 0.4) is 0 Å². The first-order valence-corrected chi connectivity index (χ1v) is 11.6. The highest BCUT2D eigenvalue weighted by Crippen LogP contribution is 2.42. The fourth-order valence-corrected chi connectivity index (χ4v) is 4.92. The molecule has 0 aliphatic carbocycles. The molecule has 2 aliphatic rings. The third kappa shape index (κ3) is 4.93. The molecule has 31 heavy (non-hydrogen) atoms. The van der Waals surface area contributed by atoms with Crippen molar-refractivity contribution in [3.8, 4) is 5.75 Å². The lowest BCUT2D eigenvalue weighted by molar-refractivity contribution is -0.128. The molecule has 1 fully saturated rings. The number of nitrogens with one attached hydrogen (secondary N) is 1. The number of ether oxygens (including phenoxy) is 1. The van der Waals surface area contributed by atoms with Crippen molar-refractivity contribution in [1.82, 2.24) is 10.2 Å². The molecule has 1 amide bonds. The lowest BCUT2D eigenvalue weighted by atomic mass is 9.83. The van der Waals surface area contributed by atoms with Gasteiger partial charge >= 0.3 is 0 Å². The second-order valence-corrected chi connectivity index (χ2v) is 8.97. The van der Waals surface area contributed by atoms with E-state index in [4.69, 9.17) is 4.74 Å². The molecule has 2 aromatic carbocycles. The standard InChI is InChI=1S/C26H33FN2O2/c1-3-26(4-2)17-23(22-7-5-6-8-24(22)31-26)28-25(30)20-13-15-29(16-14-20)18-19-9-11-21(27)12-10-19/h5-12,20,23H,3-4,13-18H2,1-2H3,(H,28,30)/t23-/m0/s1. The Morgan fingerprint density at radius 2 is 1.77 bits per heavy atom. The fraction of sp³-hybridized carbons (Fsp3) is 0.500. The van der Waals surface area contributed by atoms with E-state index in [0.29, 0.717) is 0 Å². The Morgan fingerprint density at radius 3 is 2.45 bits per heavy atom. The summed E-state index contributed by atoms with van der Waals surface area (Å²) in [5.74, 6) is 0.891. The van der Waals surface area contributed by atoms with E-state index in [1.54, 1.807) is 0 Å². The molecule has 1 N–H and O–H groups in total. The normalized spacial score (nSPS) is 21.2. The van der Waals surface area contributed by atoms with Gasteiger partial charge in [-0.25, -0.2) is 4.39 Å². The number of rotatable bonds is 6. The third-order valence-electron chi connectivity index (χ3n) is 7.08. The number of piperidine rings is 1. The number of hydrogen-bond donors (Lipinski definition) is 1. The minimum atomic E-state index is -0.217. The van der Waals surface area contributed by atoms with E-state index in [9.17, 15) is 9.18 Å². The van der Waals surface area contributed by atoms with Crippen LogP contribution in [0.1, 0.15) is 63.1 Å². The number of para-hydroxylation sites is 1. The van der Waals surface area contributed by atoms with Crippen molar-refractivity contribution in [3.63, 3.8) is 0 Å². The minimum absolute atomic E-state index is 0.00500. The van der Waals surface area contributed by atoms with Gasteiger partial charge in [-0.3, -0.25) is 9.69 Å². The molecule has 2 aromatic rings. The van der Waals surface area contributed by atoms with Gasteiger partial charge < -0.3 is 10.1 Å². The maximum Gasteiger partial charge on any atom is 0.223 e. The topological polar surface area (TPSA) is 41.6 Å². The monoisotopic (exact) mass is 424 g/mol. The molecule has 0 unspecified atom stereocenters. The molecular formula is C26H33FN2O2. The van der Waals surface area contributed by atoms with Gasteiger partial charge in [-0.05, 0) is 62.5 Å².